The van der Waals surface area contributed by atoms with Crippen LogP contribution in [0.1, 0.15) is 24.1 Å². The van der Waals surface area contributed by atoms with Gasteiger partial charge < -0.3 is 5.73 Å². The molecule has 1 aromatic carbocycles. The zero-order chi connectivity index (χ0) is 15.3. The van der Waals surface area contributed by atoms with E-state index in [0.717, 1.165) is 5.56 Å². The van der Waals surface area contributed by atoms with E-state index < -0.39 is 16.1 Å². The number of aromatic amines is 1. The molecule has 0 aliphatic rings. The normalized spacial score (nSPS) is 12.5. The Hall–Kier alpha value is -2.14. The highest BCUT2D eigenvalue weighted by molar-refractivity contribution is 7.89. The van der Waals surface area contributed by atoms with E-state index >= 15 is 0 Å². The molecule has 1 atom stereocenters. The lowest BCUT2D eigenvalue weighted by Crippen LogP contribution is -2.27. The summed E-state index contributed by atoms with van der Waals surface area (Å²) in [6.45, 7) is 1.92. The van der Waals surface area contributed by atoms with Crippen LogP contribution in [0, 0.1) is 11.8 Å². The number of hydrogen-bond donors (Lipinski definition) is 3. The van der Waals surface area contributed by atoms with Gasteiger partial charge in [-0.2, -0.15) is 5.10 Å². The molecule has 0 aliphatic heterocycles. The van der Waals surface area contributed by atoms with Gasteiger partial charge in [0.15, 0.2) is 0 Å². The van der Waals surface area contributed by atoms with Crippen LogP contribution in [0.3, 0.4) is 0 Å². The number of nitrogens with zero attached hydrogens (tertiary/aromatic N) is 1. The smallest absolute Gasteiger partial charge is 0.242 e. The van der Waals surface area contributed by atoms with Crippen LogP contribution in [-0.2, 0) is 10.0 Å². The summed E-state index contributed by atoms with van der Waals surface area (Å²) in [6, 6.07) is 6.17. The van der Waals surface area contributed by atoms with E-state index in [1.165, 1.54) is 6.07 Å². The molecule has 21 heavy (non-hydrogen) atoms. The van der Waals surface area contributed by atoms with Crippen molar-refractivity contribution in [2.45, 2.75) is 17.9 Å². The van der Waals surface area contributed by atoms with Crippen LogP contribution in [-0.4, -0.2) is 25.2 Å². The van der Waals surface area contributed by atoms with Gasteiger partial charge in [-0.3, -0.25) is 5.10 Å². The zero-order valence-corrected chi connectivity index (χ0v) is 12.3. The van der Waals surface area contributed by atoms with E-state index in [2.05, 4.69) is 26.8 Å². The molecule has 110 valence electrons. The Balaban J connectivity index is 2.32. The van der Waals surface area contributed by atoms with E-state index in [9.17, 15) is 8.42 Å². The molecular weight excluding hydrogens is 288 g/mol. The van der Waals surface area contributed by atoms with Gasteiger partial charge in [-0.25, -0.2) is 13.1 Å². The Morgan fingerprint density at radius 1 is 1.43 bits per heavy atom. The standard InChI is InChI=1S/C14H16N4O2S/c1-11(13-9-16-17-10-13)18-21(19,20)14-7-3-2-5-12(14)6-4-8-15/h2-3,5,7,9-11,18H,8,15H2,1H3,(H,16,17). The summed E-state index contributed by atoms with van der Waals surface area (Å²) in [5.74, 6) is 5.44. The summed E-state index contributed by atoms with van der Waals surface area (Å²) < 4.78 is 27.6. The first-order valence-corrected chi connectivity index (χ1v) is 7.82. The highest BCUT2D eigenvalue weighted by atomic mass is 32.2. The minimum Gasteiger partial charge on any atom is -0.320 e. The Morgan fingerprint density at radius 2 is 2.19 bits per heavy atom. The summed E-state index contributed by atoms with van der Waals surface area (Å²) in [5.41, 5.74) is 6.51. The minimum absolute atomic E-state index is 0.140. The van der Waals surface area contributed by atoms with E-state index in [-0.39, 0.29) is 11.4 Å². The van der Waals surface area contributed by atoms with Crippen LogP contribution in [0.2, 0.25) is 0 Å². The van der Waals surface area contributed by atoms with Crippen molar-refractivity contribution < 1.29 is 8.42 Å². The SMILES string of the molecule is CC(NS(=O)(=O)c1ccccc1C#CCN)c1cn[nH]c1. The first-order valence-electron chi connectivity index (χ1n) is 6.33. The van der Waals surface area contributed by atoms with Gasteiger partial charge in [0.2, 0.25) is 10.0 Å². The third-order valence-electron chi connectivity index (χ3n) is 2.85. The van der Waals surface area contributed by atoms with E-state index in [4.69, 9.17) is 5.73 Å². The molecule has 1 heterocycles. The second-order valence-electron chi connectivity index (χ2n) is 4.38. The van der Waals surface area contributed by atoms with Gasteiger partial charge in [0.25, 0.3) is 0 Å². The van der Waals surface area contributed by atoms with Crippen molar-refractivity contribution in [3.8, 4) is 11.8 Å². The number of nitrogens with two attached hydrogens (primary N) is 1. The number of nitrogens with one attached hydrogen (secondary N) is 2. The van der Waals surface area contributed by atoms with Crippen LogP contribution < -0.4 is 10.5 Å². The van der Waals surface area contributed by atoms with E-state index in [1.54, 1.807) is 37.5 Å². The predicted molar refractivity (Wildman–Crippen MR) is 79.7 cm³/mol. The predicted octanol–water partition coefficient (Wildman–Crippen LogP) is 0.759. The lowest BCUT2D eigenvalue weighted by atomic mass is 10.2. The third-order valence-corrected chi connectivity index (χ3v) is 4.45. The maximum atomic E-state index is 12.5. The summed E-state index contributed by atoms with van der Waals surface area (Å²) in [6.07, 6.45) is 3.22. The summed E-state index contributed by atoms with van der Waals surface area (Å²) in [7, 11) is -3.68. The lowest BCUT2D eigenvalue weighted by Gasteiger charge is -2.13. The molecule has 0 radical (unpaired) electrons. The first-order chi connectivity index (χ1) is 10.0. The minimum atomic E-state index is -3.68. The molecule has 0 saturated heterocycles. The second kappa shape index (κ2) is 6.54. The Kier molecular flexibility index (Phi) is 4.75. The molecule has 0 aliphatic carbocycles. The second-order valence-corrected chi connectivity index (χ2v) is 6.06. The number of benzene rings is 1. The first kappa shape index (κ1) is 15.3. The molecule has 0 saturated carbocycles. The van der Waals surface area contributed by atoms with Crippen LogP contribution in [0.5, 0.6) is 0 Å². The summed E-state index contributed by atoms with van der Waals surface area (Å²) >= 11 is 0. The van der Waals surface area contributed by atoms with Crippen molar-refractivity contribution in [3.63, 3.8) is 0 Å². The van der Waals surface area contributed by atoms with E-state index in [1.807, 2.05) is 0 Å². The fraction of sp³-hybridized carbons (Fsp3) is 0.214. The molecule has 0 fully saturated rings. The number of hydrogen-bond acceptors (Lipinski definition) is 4. The van der Waals surface area contributed by atoms with Gasteiger partial charge in [0.1, 0.15) is 0 Å². The lowest BCUT2D eigenvalue weighted by molar-refractivity contribution is 0.567. The van der Waals surface area contributed by atoms with Crippen LogP contribution >= 0.6 is 0 Å². The van der Waals surface area contributed by atoms with Gasteiger partial charge >= 0.3 is 0 Å². The Labute approximate surface area is 123 Å². The van der Waals surface area contributed by atoms with Crippen LogP contribution in [0.25, 0.3) is 0 Å². The van der Waals surface area contributed by atoms with Gasteiger partial charge in [-0.15, -0.1) is 0 Å². The van der Waals surface area contributed by atoms with Gasteiger partial charge in [0, 0.05) is 23.4 Å². The average Bonchev–Trinajstić information content (AvgIpc) is 2.99. The molecule has 2 rings (SSSR count). The van der Waals surface area contributed by atoms with Gasteiger partial charge in [0.05, 0.1) is 17.6 Å². The van der Waals surface area contributed by atoms with Crippen molar-refractivity contribution in [1.82, 2.24) is 14.9 Å². The van der Waals surface area contributed by atoms with E-state index in [0.29, 0.717) is 5.56 Å². The molecule has 1 unspecified atom stereocenters. The maximum absolute atomic E-state index is 12.5. The fourth-order valence-electron chi connectivity index (χ4n) is 1.81. The molecule has 0 bridgehead atoms. The highest BCUT2D eigenvalue weighted by Gasteiger charge is 2.21. The number of H-pyrrole nitrogens is 1. The van der Waals surface area contributed by atoms with Crippen molar-refractivity contribution >= 4 is 10.0 Å². The van der Waals surface area contributed by atoms with Crippen molar-refractivity contribution in [1.29, 1.82) is 0 Å². The van der Waals surface area contributed by atoms with Gasteiger partial charge in [-0.05, 0) is 19.1 Å². The molecule has 6 nitrogen and oxygen atoms in total. The number of aromatic nitrogens is 2. The Bertz CT molecular complexity index is 758. The molecule has 0 amide bonds. The molecule has 7 heteroatoms. The zero-order valence-electron chi connectivity index (χ0n) is 11.5. The average molecular weight is 304 g/mol. The molecular formula is C14H16N4O2S. The highest BCUT2D eigenvalue weighted by Crippen LogP contribution is 2.18. The van der Waals surface area contributed by atoms with Crippen LogP contribution in [0.15, 0.2) is 41.6 Å². The summed E-state index contributed by atoms with van der Waals surface area (Å²) in [5, 5.41) is 6.46. The maximum Gasteiger partial charge on any atom is 0.242 e. The molecule has 1 aromatic heterocycles. The molecule has 2 aromatic rings. The monoisotopic (exact) mass is 304 g/mol. The van der Waals surface area contributed by atoms with Crippen molar-refractivity contribution in [2.24, 2.45) is 5.73 Å². The van der Waals surface area contributed by atoms with Gasteiger partial charge in [-0.1, -0.05) is 24.0 Å². The summed E-state index contributed by atoms with van der Waals surface area (Å²) in [4.78, 5) is 0.140. The van der Waals surface area contributed by atoms with Crippen molar-refractivity contribution in [3.05, 3.63) is 47.8 Å². The topological polar surface area (TPSA) is 101 Å². The molecule has 0 spiro atoms. The third kappa shape index (κ3) is 3.70. The molecule has 4 N–H and O–H groups in total. The number of rotatable bonds is 4. The van der Waals surface area contributed by atoms with Crippen LogP contribution in [0.4, 0.5) is 0 Å². The Morgan fingerprint density at radius 3 is 2.86 bits per heavy atom. The number of sulfonamides is 1. The largest absolute Gasteiger partial charge is 0.320 e. The fourth-order valence-corrected chi connectivity index (χ4v) is 3.21. The van der Waals surface area contributed by atoms with Crippen molar-refractivity contribution in [2.75, 3.05) is 6.54 Å². The quantitative estimate of drug-likeness (QED) is 0.726.